The highest BCUT2D eigenvalue weighted by atomic mass is 32.2. The molecule has 148 valence electrons. The van der Waals surface area contributed by atoms with Gasteiger partial charge in [0.15, 0.2) is 0 Å². The van der Waals surface area contributed by atoms with E-state index in [4.69, 9.17) is 13.2 Å². The zero-order valence-electron chi connectivity index (χ0n) is 15.3. The van der Waals surface area contributed by atoms with Crippen molar-refractivity contribution in [2.24, 2.45) is 0 Å². The first-order valence-electron chi connectivity index (χ1n) is 8.67. The molecular weight excluding hydrogens is 379 g/mol. The number of aryl methyl sites for hydroxylation is 1. The lowest BCUT2D eigenvalue weighted by atomic mass is 10.1. The predicted octanol–water partition coefficient (Wildman–Crippen LogP) is 2.20. The van der Waals surface area contributed by atoms with E-state index in [1.807, 2.05) is 6.92 Å². The van der Waals surface area contributed by atoms with Gasteiger partial charge >= 0.3 is 7.75 Å². The van der Waals surface area contributed by atoms with E-state index < -0.39 is 30.0 Å². The first-order chi connectivity index (χ1) is 12.3. The fourth-order valence-corrected chi connectivity index (χ4v) is 5.37. The molecule has 0 aromatic heterocycles. The molecule has 0 bridgehead atoms. The van der Waals surface area contributed by atoms with Gasteiger partial charge in [-0.05, 0) is 45.9 Å². The second-order valence-corrected chi connectivity index (χ2v) is 9.30. The molecule has 0 amide bonds. The van der Waals surface area contributed by atoms with E-state index in [1.165, 1.54) is 12.1 Å². The van der Waals surface area contributed by atoms with Crippen LogP contribution in [0, 0.1) is 6.92 Å². The molecule has 8 nitrogen and oxygen atoms in total. The van der Waals surface area contributed by atoms with E-state index in [9.17, 15) is 13.0 Å². The van der Waals surface area contributed by atoms with Gasteiger partial charge in [0.05, 0.1) is 18.1 Å². The molecule has 1 saturated heterocycles. The number of rotatable bonds is 9. The van der Waals surface area contributed by atoms with E-state index in [-0.39, 0.29) is 18.1 Å². The molecule has 2 N–H and O–H groups in total. The minimum absolute atomic E-state index is 0.0882. The van der Waals surface area contributed by atoms with Crippen LogP contribution >= 0.6 is 7.75 Å². The van der Waals surface area contributed by atoms with Crippen LogP contribution in [0.2, 0.25) is 0 Å². The minimum atomic E-state index is -3.94. The normalized spacial score (nSPS) is 21.7. The van der Waals surface area contributed by atoms with Crippen molar-refractivity contribution in [1.82, 2.24) is 10.4 Å². The van der Waals surface area contributed by atoms with Crippen molar-refractivity contribution in [3.63, 3.8) is 0 Å². The van der Waals surface area contributed by atoms with Gasteiger partial charge in [-0.15, -0.1) is 0 Å². The van der Waals surface area contributed by atoms with Crippen LogP contribution in [0.1, 0.15) is 25.8 Å². The number of hydrogen-bond donors (Lipinski definition) is 2. The molecule has 2 atom stereocenters. The Labute approximate surface area is 155 Å². The summed E-state index contributed by atoms with van der Waals surface area (Å²) in [5.41, 5.74) is 0.956. The Balaban J connectivity index is 2.15. The lowest BCUT2D eigenvalue weighted by molar-refractivity contribution is 0.129. The van der Waals surface area contributed by atoms with Crippen LogP contribution in [-0.4, -0.2) is 46.9 Å². The monoisotopic (exact) mass is 406 g/mol. The van der Waals surface area contributed by atoms with Crippen molar-refractivity contribution < 1.29 is 26.2 Å². The van der Waals surface area contributed by atoms with Crippen LogP contribution in [0.4, 0.5) is 0 Å². The number of piperidine rings is 1. The molecule has 1 fully saturated rings. The number of nitrogens with one attached hydrogen (secondary N) is 2. The van der Waals surface area contributed by atoms with E-state index >= 15 is 0 Å². The maximum atomic E-state index is 12.7. The summed E-state index contributed by atoms with van der Waals surface area (Å²) in [4.78, 5) is 0.0882. The number of benzene rings is 1. The second kappa shape index (κ2) is 9.41. The van der Waals surface area contributed by atoms with Crippen LogP contribution in [0.25, 0.3) is 0 Å². The number of hydrogen-bond acceptors (Lipinski definition) is 7. The average molecular weight is 406 g/mol. The van der Waals surface area contributed by atoms with Gasteiger partial charge in [-0.2, -0.15) is 8.42 Å². The van der Waals surface area contributed by atoms with Crippen molar-refractivity contribution in [2.75, 3.05) is 26.3 Å². The van der Waals surface area contributed by atoms with Gasteiger partial charge in [0.2, 0.25) is 0 Å². The van der Waals surface area contributed by atoms with Crippen LogP contribution in [0.3, 0.4) is 0 Å². The second-order valence-electron chi connectivity index (χ2n) is 5.96. The topological polar surface area (TPSA) is 103 Å². The summed E-state index contributed by atoms with van der Waals surface area (Å²) in [5, 5.41) is 5.95. The van der Waals surface area contributed by atoms with Crippen molar-refractivity contribution in [2.45, 2.75) is 44.2 Å². The Morgan fingerprint density at radius 1 is 1.19 bits per heavy atom. The molecule has 1 aliphatic heterocycles. The standard InChI is InChI=1S/C16H27N2O6PS/c1-4-22-25(19,23-5-2)18-15-10-11-17-12-16(15)24-26(20,21)14-8-6-13(3)7-9-14/h6-9,15-17H,4-5,10-12H2,1-3H3,(H,18,19). The quantitative estimate of drug-likeness (QED) is 0.475. The Hall–Kier alpha value is -0.800. The zero-order chi connectivity index (χ0) is 19.2. The van der Waals surface area contributed by atoms with Crippen LogP contribution in [0.5, 0.6) is 0 Å². The third kappa shape index (κ3) is 5.85. The molecule has 0 aliphatic carbocycles. The summed E-state index contributed by atoms with van der Waals surface area (Å²) < 4.78 is 53.8. The summed E-state index contributed by atoms with van der Waals surface area (Å²) in [7, 11) is -7.46. The first-order valence-corrected chi connectivity index (χ1v) is 11.6. The summed E-state index contributed by atoms with van der Waals surface area (Å²) in [6.45, 7) is 6.67. The van der Waals surface area contributed by atoms with Gasteiger partial charge in [-0.3, -0.25) is 13.2 Å². The van der Waals surface area contributed by atoms with Crippen LogP contribution in [-0.2, 0) is 27.9 Å². The summed E-state index contributed by atoms with van der Waals surface area (Å²) in [5.74, 6) is 0. The third-order valence-electron chi connectivity index (χ3n) is 3.91. The van der Waals surface area contributed by atoms with E-state index in [0.29, 0.717) is 19.5 Å². The average Bonchev–Trinajstić information content (AvgIpc) is 2.57. The molecule has 2 unspecified atom stereocenters. The highest BCUT2D eigenvalue weighted by molar-refractivity contribution is 7.86. The summed E-state index contributed by atoms with van der Waals surface area (Å²) in [6.07, 6.45) is -0.206. The van der Waals surface area contributed by atoms with Gasteiger partial charge in [-0.1, -0.05) is 17.7 Å². The molecule has 2 rings (SSSR count). The van der Waals surface area contributed by atoms with Crippen LogP contribution in [0.15, 0.2) is 29.2 Å². The van der Waals surface area contributed by atoms with Crippen LogP contribution < -0.4 is 10.4 Å². The molecule has 10 heteroatoms. The molecule has 1 aromatic carbocycles. The SMILES string of the molecule is CCOP(=O)(NC1CCNCC1OS(=O)(=O)c1ccc(C)cc1)OCC. The van der Waals surface area contributed by atoms with Gasteiger partial charge in [0, 0.05) is 12.6 Å². The molecule has 1 heterocycles. The maximum absolute atomic E-state index is 12.7. The van der Waals surface area contributed by atoms with Gasteiger partial charge in [-0.25, -0.2) is 9.65 Å². The van der Waals surface area contributed by atoms with Crippen molar-refractivity contribution >= 4 is 17.9 Å². The summed E-state index contributed by atoms with van der Waals surface area (Å²) >= 11 is 0. The fourth-order valence-electron chi connectivity index (χ4n) is 2.66. The van der Waals surface area contributed by atoms with E-state index in [1.54, 1.807) is 26.0 Å². The highest BCUT2D eigenvalue weighted by Crippen LogP contribution is 2.44. The Morgan fingerprint density at radius 2 is 1.81 bits per heavy atom. The predicted molar refractivity (Wildman–Crippen MR) is 98.5 cm³/mol. The first kappa shape index (κ1) is 21.5. The Kier molecular flexibility index (Phi) is 7.78. The van der Waals surface area contributed by atoms with Crippen molar-refractivity contribution in [3.8, 4) is 0 Å². The Bertz CT molecular complexity index is 715. The molecular formula is C16H27N2O6PS. The van der Waals surface area contributed by atoms with Gasteiger partial charge < -0.3 is 5.32 Å². The largest absolute Gasteiger partial charge is 0.405 e. The molecule has 0 saturated carbocycles. The zero-order valence-corrected chi connectivity index (χ0v) is 17.0. The third-order valence-corrected chi connectivity index (χ3v) is 7.10. The van der Waals surface area contributed by atoms with Crippen molar-refractivity contribution in [1.29, 1.82) is 0 Å². The molecule has 0 radical (unpaired) electrons. The molecule has 1 aromatic rings. The lowest BCUT2D eigenvalue weighted by Gasteiger charge is -2.33. The van der Waals surface area contributed by atoms with Gasteiger partial charge in [0.25, 0.3) is 10.1 Å². The fraction of sp³-hybridized carbons (Fsp3) is 0.625. The lowest BCUT2D eigenvalue weighted by Crippen LogP contribution is -2.52. The van der Waals surface area contributed by atoms with Gasteiger partial charge in [0.1, 0.15) is 6.10 Å². The minimum Gasteiger partial charge on any atom is -0.314 e. The van der Waals surface area contributed by atoms with E-state index in [0.717, 1.165) is 5.56 Å². The summed E-state index contributed by atoms with van der Waals surface area (Å²) in [6, 6.07) is 5.95. The van der Waals surface area contributed by atoms with Crippen molar-refractivity contribution in [3.05, 3.63) is 29.8 Å². The molecule has 0 spiro atoms. The molecule has 1 aliphatic rings. The maximum Gasteiger partial charge on any atom is 0.405 e. The Morgan fingerprint density at radius 3 is 2.38 bits per heavy atom. The van der Waals surface area contributed by atoms with E-state index in [2.05, 4.69) is 10.4 Å². The molecule has 26 heavy (non-hydrogen) atoms. The highest BCUT2D eigenvalue weighted by Gasteiger charge is 2.36. The smallest absolute Gasteiger partial charge is 0.314 e.